The number of amides is 1. The van der Waals surface area contributed by atoms with Crippen LogP contribution in [0.15, 0.2) is 30.3 Å². The first-order chi connectivity index (χ1) is 12.8. The lowest BCUT2D eigenvalue weighted by Gasteiger charge is -2.34. The SMILES string of the molecule is Cc1ccc(-n2nc(C)cc2NC(=O)CN2CC(C)CC(C(=O)O)C2)cc1. The van der Waals surface area contributed by atoms with Gasteiger partial charge < -0.3 is 10.4 Å². The van der Waals surface area contributed by atoms with Crippen molar-refractivity contribution in [3.05, 3.63) is 41.6 Å². The van der Waals surface area contributed by atoms with E-state index in [1.165, 1.54) is 0 Å². The van der Waals surface area contributed by atoms with Gasteiger partial charge in [0.25, 0.3) is 0 Å². The quantitative estimate of drug-likeness (QED) is 0.844. The zero-order chi connectivity index (χ0) is 19.6. The Bertz CT molecular complexity index is 828. The standard InChI is InChI=1S/C20H26N4O3/c1-13-4-6-17(7-5-13)24-18(9-15(3)22-24)21-19(25)12-23-10-14(2)8-16(11-23)20(26)27/h4-7,9,14,16H,8,10-12H2,1-3H3,(H,21,25)(H,26,27). The van der Waals surface area contributed by atoms with E-state index in [9.17, 15) is 14.7 Å². The minimum absolute atomic E-state index is 0.165. The van der Waals surface area contributed by atoms with Crippen LogP contribution in [0.3, 0.4) is 0 Å². The molecule has 2 aromatic rings. The highest BCUT2D eigenvalue weighted by atomic mass is 16.4. The number of carbonyl (C=O) groups excluding carboxylic acids is 1. The maximum Gasteiger partial charge on any atom is 0.307 e. The second-order valence-electron chi connectivity index (χ2n) is 7.54. The summed E-state index contributed by atoms with van der Waals surface area (Å²) in [4.78, 5) is 25.8. The molecular formula is C20H26N4O3. The molecule has 27 heavy (non-hydrogen) atoms. The summed E-state index contributed by atoms with van der Waals surface area (Å²) in [7, 11) is 0. The third-order valence-corrected chi connectivity index (χ3v) is 4.83. The fourth-order valence-corrected chi connectivity index (χ4v) is 3.63. The van der Waals surface area contributed by atoms with Gasteiger partial charge in [0.1, 0.15) is 5.82 Å². The van der Waals surface area contributed by atoms with Gasteiger partial charge in [-0.25, -0.2) is 4.68 Å². The molecule has 2 heterocycles. The van der Waals surface area contributed by atoms with Crippen molar-refractivity contribution in [2.75, 3.05) is 25.0 Å². The Morgan fingerprint density at radius 3 is 2.59 bits per heavy atom. The number of hydrogen-bond donors (Lipinski definition) is 2. The van der Waals surface area contributed by atoms with E-state index in [0.717, 1.165) is 23.5 Å². The van der Waals surface area contributed by atoms with Crippen molar-refractivity contribution in [3.63, 3.8) is 0 Å². The highest BCUT2D eigenvalue weighted by Crippen LogP contribution is 2.22. The minimum Gasteiger partial charge on any atom is -0.481 e. The van der Waals surface area contributed by atoms with Gasteiger partial charge in [0, 0.05) is 19.2 Å². The summed E-state index contributed by atoms with van der Waals surface area (Å²) in [6, 6.07) is 9.75. The van der Waals surface area contributed by atoms with E-state index in [1.54, 1.807) is 4.68 Å². The number of carbonyl (C=O) groups is 2. The van der Waals surface area contributed by atoms with Crippen LogP contribution >= 0.6 is 0 Å². The predicted octanol–water partition coefficient (Wildman–Crippen LogP) is 2.47. The monoisotopic (exact) mass is 370 g/mol. The Kier molecular flexibility index (Phi) is 5.60. The number of aliphatic carboxylic acids is 1. The van der Waals surface area contributed by atoms with Crippen molar-refractivity contribution in [1.82, 2.24) is 14.7 Å². The van der Waals surface area contributed by atoms with Crippen LogP contribution in [0.2, 0.25) is 0 Å². The first-order valence-corrected chi connectivity index (χ1v) is 9.20. The van der Waals surface area contributed by atoms with Gasteiger partial charge in [-0.2, -0.15) is 5.10 Å². The van der Waals surface area contributed by atoms with Gasteiger partial charge in [0.05, 0.1) is 23.8 Å². The van der Waals surface area contributed by atoms with E-state index < -0.39 is 11.9 Å². The van der Waals surface area contributed by atoms with Gasteiger partial charge in [-0.3, -0.25) is 14.5 Å². The van der Waals surface area contributed by atoms with E-state index in [4.69, 9.17) is 0 Å². The molecule has 1 amide bonds. The molecule has 1 aliphatic rings. The van der Waals surface area contributed by atoms with Crippen molar-refractivity contribution in [2.24, 2.45) is 11.8 Å². The van der Waals surface area contributed by atoms with Crippen LogP contribution in [-0.4, -0.2) is 51.3 Å². The molecule has 0 bridgehead atoms. The first kappa shape index (κ1) is 19.1. The average molecular weight is 370 g/mol. The zero-order valence-corrected chi connectivity index (χ0v) is 16.0. The van der Waals surface area contributed by atoms with E-state index in [2.05, 4.69) is 10.4 Å². The molecule has 7 heteroatoms. The number of likely N-dealkylation sites (tertiary alicyclic amines) is 1. The maximum absolute atomic E-state index is 12.6. The third kappa shape index (κ3) is 4.74. The van der Waals surface area contributed by atoms with Crippen LogP contribution < -0.4 is 5.32 Å². The lowest BCUT2D eigenvalue weighted by atomic mass is 9.90. The number of nitrogens with zero attached hydrogens (tertiary/aromatic N) is 3. The summed E-state index contributed by atoms with van der Waals surface area (Å²) in [5.41, 5.74) is 2.84. The van der Waals surface area contributed by atoms with Crippen molar-refractivity contribution in [3.8, 4) is 5.69 Å². The molecule has 1 saturated heterocycles. The summed E-state index contributed by atoms with van der Waals surface area (Å²) in [5.74, 6) is -0.502. The second kappa shape index (κ2) is 7.92. The van der Waals surface area contributed by atoms with Crippen molar-refractivity contribution < 1.29 is 14.7 Å². The van der Waals surface area contributed by atoms with Gasteiger partial charge in [-0.1, -0.05) is 24.6 Å². The molecule has 0 aliphatic carbocycles. The largest absolute Gasteiger partial charge is 0.481 e. The van der Waals surface area contributed by atoms with Crippen LogP contribution in [0, 0.1) is 25.7 Å². The lowest BCUT2D eigenvalue weighted by Crippen LogP contribution is -2.45. The molecule has 0 saturated carbocycles. The molecular weight excluding hydrogens is 344 g/mol. The number of nitrogens with one attached hydrogen (secondary N) is 1. The number of aryl methyl sites for hydroxylation is 2. The van der Waals surface area contributed by atoms with E-state index in [-0.39, 0.29) is 18.4 Å². The topological polar surface area (TPSA) is 87.5 Å². The first-order valence-electron chi connectivity index (χ1n) is 9.20. The van der Waals surface area contributed by atoms with Gasteiger partial charge in [0.15, 0.2) is 0 Å². The summed E-state index contributed by atoms with van der Waals surface area (Å²) in [6.07, 6.45) is 0.660. The summed E-state index contributed by atoms with van der Waals surface area (Å²) >= 11 is 0. The Labute approximate surface area is 159 Å². The van der Waals surface area contributed by atoms with Gasteiger partial charge in [-0.15, -0.1) is 0 Å². The predicted molar refractivity (Wildman–Crippen MR) is 103 cm³/mol. The third-order valence-electron chi connectivity index (χ3n) is 4.83. The molecule has 1 fully saturated rings. The van der Waals surface area contributed by atoms with Gasteiger partial charge >= 0.3 is 5.97 Å². The molecule has 2 atom stereocenters. The number of anilines is 1. The summed E-state index contributed by atoms with van der Waals surface area (Å²) in [5, 5.41) is 16.7. The van der Waals surface area contributed by atoms with Gasteiger partial charge in [0.2, 0.25) is 5.91 Å². The highest BCUT2D eigenvalue weighted by Gasteiger charge is 2.30. The van der Waals surface area contributed by atoms with Crippen LogP contribution in [0.1, 0.15) is 24.6 Å². The highest BCUT2D eigenvalue weighted by molar-refractivity contribution is 5.91. The number of benzene rings is 1. The Morgan fingerprint density at radius 2 is 1.93 bits per heavy atom. The minimum atomic E-state index is -0.792. The average Bonchev–Trinajstić information content (AvgIpc) is 2.95. The summed E-state index contributed by atoms with van der Waals surface area (Å²) in [6.45, 7) is 7.23. The van der Waals surface area contributed by atoms with E-state index in [0.29, 0.717) is 18.8 Å². The molecule has 144 valence electrons. The zero-order valence-electron chi connectivity index (χ0n) is 16.0. The van der Waals surface area contributed by atoms with Crippen molar-refractivity contribution in [2.45, 2.75) is 27.2 Å². The van der Waals surface area contributed by atoms with E-state index >= 15 is 0 Å². The van der Waals surface area contributed by atoms with Crippen LogP contribution in [0.5, 0.6) is 0 Å². The van der Waals surface area contributed by atoms with Crippen LogP contribution in [0.25, 0.3) is 5.69 Å². The molecule has 0 spiro atoms. The number of rotatable bonds is 5. The van der Waals surface area contributed by atoms with Crippen molar-refractivity contribution >= 4 is 17.7 Å². The van der Waals surface area contributed by atoms with Crippen LogP contribution in [-0.2, 0) is 9.59 Å². The molecule has 7 nitrogen and oxygen atoms in total. The number of aromatic nitrogens is 2. The van der Waals surface area contributed by atoms with Crippen molar-refractivity contribution in [1.29, 1.82) is 0 Å². The van der Waals surface area contributed by atoms with E-state index in [1.807, 2.05) is 56.0 Å². The lowest BCUT2D eigenvalue weighted by molar-refractivity contribution is -0.144. The number of carboxylic acids is 1. The molecule has 2 N–H and O–H groups in total. The molecule has 2 unspecified atom stereocenters. The summed E-state index contributed by atoms with van der Waals surface area (Å²) < 4.78 is 1.71. The molecule has 0 radical (unpaired) electrons. The molecule has 1 aromatic heterocycles. The molecule has 1 aliphatic heterocycles. The second-order valence-corrected chi connectivity index (χ2v) is 7.54. The maximum atomic E-state index is 12.6. The van der Waals surface area contributed by atoms with Gasteiger partial charge in [-0.05, 0) is 38.3 Å². The molecule has 1 aromatic carbocycles. The normalized spacial score (nSPS) is 20.4. The Hall–Kier alpha value is -2.67. The molecule has 3 rings (SSSR count). The fourth-order valence-electron chi connectivity index (χ4n) is 3.63. The smallest absolute Gasteiger partial charge is 0.307 e. The van der Waals surface area contributed by atoms with Crippen LogP contribution in [0.4, 0.5) is 5.82 Å². The Balaban J connectivity index is 1.69. The number of hydrogen-bond acceptors (Lipinski definition) is 4. The fraction of sp³-hybridized carbons (Fsp3) is 0.450. The number of piperidine rings is 1. The number of carboxylic acid groups (broad SMARTS) is 1. The Morgan fingerprint density at radius 1 is 1.22 bits per heavy atom.